The van der Waals surface area contributed by atoms with Gasteiger partial charge in [-0.3, -0.25) is 9.69 Å². The zero-order chi connectivity index (χ0) is 11.5. The van der Waals surface area contributed by atoms with Gasteiger partial charge < -0.3 is 4.74 Å². The maximum absolute atomic E-state index is 11.5. The second-order valence-electron chi connectivity index (χ2n) is 5.11. The Hall–Kier alpha value is -0.830. The van der Waals surface area contributed by atoms with Gasteiger partial charge in [0.2, 0.25) is 0 Å². The molecule has 0 aromatic carbocycles. The minimum Gasteiger partial charge on any atom is -0.459 e. The van der Waals surface area contributed by atoms with Gasteiger partial charge in [0.1, 0.15) is 5.60 Å². The molecule has 1 heterocycles. The van der Waals surface area contributed by atoms with E-state index < -0.39 is 0 Å². The van der Waals surface area contributed by atoms with Crippen molar-refractivity contribution in [3.05, 3.63) is 12.2 Å². The van der Waals surface area contributed by atoms with Gasteiger partial charge in [0.15, 0.2) is 0 Å². The summed E-state index contributed by atoms with van der Waals surface area (Å²) in [5.41, 5.74) is 0.909. The Morgan fingerprint density at radius 2 is 1.93 bits per heavy atom. The van der Waals surface area contributed by atoms with Crippen LogP contribution in [0.15, 0.2) is 12.2 Å². The fourth-order valence-electron chi connectivity index (χ4n) is 1.58. The van der Waals surface area contributed by atoms with Crippen molar-refractivity contribution >= 4 is 5.97 Å². The molecule has 0 aromatic rings. The number of ether oxygens (including phenoxy) is 1. The van der Waals surface area contributed by atoms with Crippen LogP contribution < -0.4 is 0 Å². The molecule has 0 amide bonds. The third-order valence-electron chi connectivity index (χ3n) is 2.34. The Kier molecular flexibility index (Phi) is 3.91. The van der Waals surface area contributed by atoms with E-state index in [1.54, 1.807) is 0 Å². The number of esters is 1. The summed E-state index contributed by atoms with van der Waals surface area (Å²) in [6, 6.07) is 0. The molecule has 0 radical (unpaired) electrons. The average molecular weight is 211 g/mol. The van der Waals surface area contributed by atoms with Gasteiger partial charge in [-0.1, -0.05) is 12.2 Å². The summed E-state index contributed by atoms with van der Waals surface area (Å²) in [4.78, 5) is 13.6. The highest BCUT2D eigenvalue weighted by Crippen LogP contribution is 2.14. The second kappa shape index (κ2) is 4.79. The molecule has 0 bridgehead atoms. The molecule has 3 heteroatoms. The zero-order valence-corrected chi connectivity index (χ0v) is 10.0. The van der Waals surface area contributed by atoms with Crippen LogP contribution in [0.5, 0.6) is 0 Å². The lowest BCUT2D eigenvalue weighted by molar-refractivity contribution is -0.156. The van der Waals surface area contributed by atoms with E-state index in [0.717, 1.165) is 25.9 Å². The van der Waals surface area contributed by atoms with Crippen LogP contribution in [0.1, 0.15) is 33.6 Å². The van der Waals surface area contributed by atoms with Gasteiger partial charge in [-0.15, -0.1) is 0 Å². The lowest BCUT2D eigenvalue weighted by Gasteiger charge is -2.28. The third kappa shape index (κ3) is 4.98. The quantitative estimate of drug-likeness (QED) is 0.516. The molecule has 86 valence electrons. The molecule has 0 spiro atoms. The number of carbonyl (C=O) groups is 1. The normalized spacial score (nSPS) is 19.0. The highest BCUT2D eigenvalue weighted by atomic mass is 16.6. The summed E-state index contributed by atoms with van der Waals surface area (Å²) in [6.45, 7) is 11.9. The molecule has 0 aliphatic carbocycles. The van der Waals surface area contributed by atoms with E-state index in [9.17, 15) is 4.79 Å². The molecule has 1 aliphatic heterocycles. The first-order valence-corrected chi connectivity index (χ1v) is 5.48. The van der Waals surface area contributed by atoms with Crippen molar-refractivity contribution in [3.8, 4) is 0 Å². The number of hydrogen-bond acceptors (Lipinski definition) is 3. The van der Waals surface area contributed by atoms with Crippen molar-refractivity contribution in [2.24, 2.45) is 0 Å². The number of rotatable bonds is 2. The minimum atomic E-state index is -0.379. The van der Waals surface area contributed by atoms with E-state index in [2.05, 4.69) is 11.5 Å². The topological polar surface area (TPSA) is 29.5 Å². The summed E-state index contributed by atoms with van der Waals surface area (Å²) in [5, 5.41) is 0. The molecule has 1 aliphatic rings. The number of hydrogen-bond donors (Lipinski definition) is 0. The van der Waals surface area contributed by atoms with E-state index in [0.29, 0.717) is 6.54 Å². The zero-order valence-electron chi connectivity index (χ0n) is 10.0. The molecule has 0 N–H and O–H groups in total. The summed E-state index contributed by atoms with van der Waals surface area (Å²) in [7, 11) is 0. The molecular formula is C12H21NO2. The molecule has 1 saturated heterocycles. The number of nitrogens with zero attached hydrogens (tertiary/aromatic N) is 1. The summed E-state index contributed by atoms with van der Waals surface area (Å²) < 4.78 is 5.26. The molecule has 0 saturated carbocycles. The van der Waals surface area contributed by atoms with Gasteiger partial charge in [0, 0.05) is 13.1 Å². The van der Waals surface area contributed by atoms with E-state index in [4.69, 9.17) is 4.74 Å². The minimum absolute atomic E-state index is 0.130. The molecular weight excluding hydrogens is 190 g/mol. The van der Waals surface area contributed by atoms with Crippen LogP contribution in [0.25, 0.3) is 0 Å². The Balaban J connectivity index is 2.29. The van der Waals surface area contributed by atoms with Gasteiger partial charge in [0.25, 0.3) is 0 Å². The Labute approximate surface area is 92.1 Å². The second-order valence-corrected chi connectivity index (χ2v) is 5.11. The van der Waals surface area contributed by atoms with E-state index in [1.165, 1.54) is 5.57 Å². The monoisotopic (exact) mass is 211 g/mol. The van der Waals surface area contributed by atoms with Crippen LogP contribution in [-0.2, 0) is 9.53 Å². The van der Waals surface area contributed by atoms with Crippen molar-refractivity contribution < 1.29 is 9.53 Å². The maximum atomic E-state index is 11.5. The van der Waals surface area contributed by atoms with Crippen LogP contribution in [0.2, 0.25) is 0 Å². The Morgan fingerprint density at radius 3 is 2.40 bits per heavy atom. The molecule has 0 unspecified atom stereocenters. The number of likely N-dealkylation sites (tertiary alicyclic amines) is 1. The van der Waals surface area contributed by atoms with Gasteiger partial charge in [-0.25, -0.2) is 0 Å². The molecule has 3 nitrogen and oxygen atoms in total. The highest BCUT2D eigenvalue weighted by molar-refractivity contribution is 5.72. The molecule has 1 rings (SSSR count). The SMILES string of the molecule is C=C1CCN(CC(=O)OC(C)(C)C)CC1. The summed E-state index contributed by atoms with van der Waals surface area (Å²) in [5.74, 6) is -0.130. The van der Waals surface area contributed by atoms with E-state index >= 15 is 0 Å². The Bertz CT molecular complexity index is 243. The van der Waals surface area contributed by atoms with Crippen molar-refractivity contribution in [1.29, 1.82) is 0 Å². The Morgan fingerprint density at radius 1 is 1.40 bits per heavy atom. The highest BCUT2D eigenvalue weighted by Gasteiger charge is 2.20. The van der Waals surface area contributed by atoms with E-state index in [1.807, 2.05) is 20.8 Å². The maximum Gasteiger partial charge on any atom is 0.320 e. The largest absolute Gasteiger partial charge is 0.459 e. The van der Waals surface area contributed by atoms with Gasteiger partial charge in [0.05, 0.1) is 6.54 Å². The van der Waals surface area contributed by atoms with Crippen molar-refractivity contribution in [2.45, 2.75) is 39.2 Å². The molecule has 0 aromatic heterocycles. The van der Waals surface area contributed by atoms with Gasteiger partial charge >= 0.3 is 5.97 Å². The first kappa shape index (κ1) is 12.2. The van der Waals surface area contributed by atoms with Gasteiger partial charge in [-0.05, 0) is 33.6 Å². The van der Waals surface area contributed by atoms with Crippen LogP contribution in [0.3, 0.4) is 0 Å². The van der Waals surface area contributed by atoms with Crippen LogP contribution in [0, 0.1) is 0 Å². The molecule has 15 heavy (non-hydrogen) atoms. The first-order valence-electron chi connectivity index (χ1n) is 5.48. The molecule has 0 atom stereocenters. The van der Waals surface area contributed by atoms with Crippen LogP contribution in [-0.4, -0.2) is 36.1 Å². The first-order chi connectivity index (χ1) is 6.87. The van der Waals surface area contributed by atoms with Crippen molar-refractivity contribution in [1.82, 2.24) is 4.90 Å². The summed E-state index contributed by atoms with van der Waals surface area (Å²) >= 11 is 0. The van der Waals surface area contributed by atoms with Crippen LogP contribution >= 0.6 is 0 Å². The lowest BCUT2D eigenvalue weighted by Crippen LogP contribution is -2.38. The number of piperidine rings is 1. The predicted molar refractivity (Wildman–Crippen MR) is 60.7 cm³/mol. The van der Waals surface area contributed by atoms with E-state index in [-0.39, 0.29) is 11.6 Å². The fourth-order valence-corrected chi connectivity index (χ4v) is 1.58. The number of carbonyl (C=O) groups excluding carboxylic acids is 1. The van der Waals surface area contributed by atoms with Gasteiger partial charge in [-0.2, -0.15) is 0 Å². The van der Waals surface area contributed by atoms with Crippen LogP contribution in [0.4, 0.5) is 0 Å². The smallest absolute Gasteiger partial charge is 0.320 e. The predicted octanol–water partition coefficient (Wildman–Crippen LogP) is 1.98. The van der Waals surface area contributed by atoms with Crippen molar-refractivity contribution in [3.63, 3.8) is 0 Å². The average Bonchev–Trinajstić information content (AvgIpc) is 2.05. The lowest BCUT2D eigenvalue weighted by atomic mass is 10.1. The molecule has 1 fully saturated rings. The standard InChI is InChI=1S/C12H21NO2/c1-10-5-7-13(8-6-10)9-11(14)15-12(2,3)4/h1,5-9H2,2-4H3. The fraction of sp³-hybridized carbons (Fsp3) is 0.750. The summed E-state index contributed by atoms with van der Waals surface area (Å²) in [6.07, 6.45) is 2.01. The third-order valence-corrected chi connectivity index (χ3v) is 2.34. The van der Waals surface area contributed by atoms with Crippen molar-refractivity contribution in [2.75, 3.05) is 19.6 Å².